The van der Waals surface area contributed by atoms with E-state index in [0.717, 1.165) is 0 Å². The summed E-state index contributed by atoms with van der Waals surface area (Å²) in [4.78, 5) is 28.5. The molecule has 1 heterocycles. The van der Waals surface area contributed by atoms with Crippen molar-refractivity contribution in [3.05, 3.63) is 24.3 Å². The third-order valence-electron chi connectivity index (χ3n) is 1.12. The Hall–Kier alpha value is -2.18. The number of urea groups is 1. The SMILES string of the molecule is NC(=O)NNC(=O)c1cncnc1. The minimum atomic E-state index is -0.842. The summed E-state index contributed by atoms with van der Waals surface area (Å²) in [5.74, 6) is -0.528. The maximum Gasteiger partial charge on any atom is 0.330 e. The molecule has 13 heavy (non-hydrogen) atoms. The van der Waals surface area contributed by atoms with Crippen LogP contribution >= 0.6 is 0 Å². The fourth-order valence-corrected chi connectivity index (χ4v) is 0.607. The van der Waals surface area contributed by atoms with Crippen molar-refractivity contribution in [1.82, 2.24) is 20.8 Å². The Balaban J connectivity index is 2.54. The Bertz CT molecular complexity index is 312. The Labute approximate surface area is 73.3 Å². The minimum Gasteiger partial charge on any atom is -0.350 e. The molecule has 0 aliphatic carbocycles. The smallest absolute Gasteiger partial charge is 0.330 e. The van der Waals surface area contributed by atoms with E-state index in [4.69, 9.17) is 5.73 Å². The van der Waals surface area contributed by atoms with Gasteiger partial charge in [-0.2, -0.15) is 0 Å². The van der Waals surface area contributed by atoms with Crippen LogP contribution in [-0.4, -0.2) is 21.9 Å². The average molecular weight is 181 g/mol. The number of nitrogens with one attached hydrogen (secondary N) is 2. The van der Waals surface area contributed by atoms with Crippen LogP contribution in [0.1, 0.15) is 10.4 Å². The summed E-state index contributed by atoms with van der Waals surface area (Å²) in [7, 11) is 0. The van der Waals surface area contributed by atoms with Crippen LogP contribution in [0.4, 0.5) is 4.79 Å². The predicted molar refractivity (Wildman–Crippen MR) is 42.2 cm³/mol. The molecule has 0 saturated carbocycles. The lowest BCUT2D eigenvalue weighted by molar-refractivity contribution is 0.0936. The standard InChI is InChI=1S/C6H7N5O2/c7-6(13)11-10-5(12)4-1-8-3-9-2-4/h1-3H,(H,10,12)(H3,7,11,13). The second kappa shape index (κ2) is 4.00. The van der Waals surface area contributed by atoms with Gasteiger partial charge in [0.25, 0.3) is 5.91 Å². The molecular formula is C6H7N5O2. The maximum absolute atomic E-state index is 11.1. The summed E-state index contributed by atoms with van der Waals surface area (Å²) < 4.78 is 0. The molecule has 1 aromatic rings. The fourth-order valence-electron chi connectivity index (χ4n) is 0.607. The summed E-state index contributed by atoms with van der Waals surface area (Å²) in [5.41, 5.74) is 8.94. The number of hydrogen-bond acceptors (Lipinski definition) is 4. The average Bonchev–Trinajstić information content (AvgIpc) is 2.15. The predicted octanol–water partition coefficient (Wildman–Crippen LogP) is -1.21. The first-order valence-electron chi connectivity index (χ1n) is 3.31. The number of aromatic nitrogens is 2. The van der Waals surface area contributed by atoms with Gasteiger partial charge in [0.1, 0.15) is 6.33 Å². The van der Waals surface area contributed by atoms with Crippen LogP contribution in [0.5, 0.6) is 0 Å². The molecule has 0 bridgehead atoms. The number of rotatable bonds is 1. The van der Waals surface area contributed by atoms with Gasteiger partial charge >= 0.3 is 6.03 Å². The summed E-state index contributed by atoms with van der Waals surface area (Å²) in [6.45, 7) is 0. The van der Waals surface area contributed by atoms with Gasteiger partial charge < -0.3 is 5.73 Å². The molecule has 3 amide bonds. The topological polar surface area (TPSA) is 110 Å². The van der Waals surface area contributed by atoms with E-state index in [9.17, 15) is 9.59 Å². The van der Waals surface area contributed by atoms with Gasteiger partial charge in [0.15, 0.2) is 0 Å². The molecule has 1 rings (SSSR count). The molecule has 1 aromatic heterocycles. The lowest BCUT2D eigenvalue weighted by Gasteiger charge is -2.02. The van der Waals surface area contributed by atoms with E-state index < -0.39 is 11.9 Å². The lowest BCUT2D eigenvalue weighted by Crippen LogP contribution is -2.44. The minimum absolute atomic E-state index is 0.233. The molecule has 0 radical (unpaired) electrons. The Morgan fingerprint density at radius 2 is 1.85 bits per heavy atom. The molecule has 0 aromatic carbocycles. The molecule has 4 N–H and O–H groups in total. The summed E-state index contributed by atoms with van der Waals surface area (Å²) in [6.07, 6.45) is 3.91. The van der Waals surface area contributed by atoms with Crippen molar-refractivity contribution in [3.8, 4) is 0 Å². The van der Waals surface area contributed by atoms with Gasteiger partial charge in [0, 0.05) is 12.4 Å². The van der Waals surface area contributed by atoms with Crippen LogP contribution < -0.4 is 16.6 Å². The van der Waals surface area contributed by atoms with Crippen molar-refractivity contribution < 1.29 is 9.59 Å². The van der Waals surface area contributed by atoms with Gasteiger partial charge in [-0.1, -0.05) is 0 Å². The summed E-state index contributed by atoms with van der Waals surface area (Å²) >= 11 is 0. The monoisotopic (exact) mass is 181 g/mol. The van der Waals surface area contributed by atoms with Crippen LogP contribution in [-0.2, 0) is 0 Å². The van der Waals surface area contributed by atoms with E-state index in [1.165, 1.54) is 18.7 Å². The zero-order chi connectivity index (χ0) is 9.68. The summed E-state index contributed by atoms with van der Waals surface area (Å²) in [5, 5.41) is 0. The number of hydrazine groups is 1. The number of nitrogens with zero attached hydrogens (tertiary/aromatic N) is 2. The first-order valence-corrected chi connectivity index (χ1v) is 3.31. The number of carbonyl (C=O) groups excluding carboxylic acids is 2. The molecule has 0 fully saturated rings. The molecule has 7 nitrogen and oxygen atoms in total. The van der Waals surface area contributed by atoms with E-state index in [1.807, 2.05) is 5.43 Å². The molecule has 0 saturated heterocycles. The van der Waals surface area contributed by atoms with Gasteiger partial charge in [-0.25, -0.2) is 20.2 Å². The highest BCUT2D eigenvalue weighted by atomic mass is 16.2. The zero-order valence-electron chi connectivity index (χ0n) is 6.52. The number of primary amides is 1. The maximum atomic E-state index is 11.1. The van der Waals surface area contributed by atoms with Gasteiger partial charge in [-0.05, 0) is 0 Å². The third kappa shape index (κ3) is 2.73. The van der Waals surface area contributed by atoms with Gasteiger partial charge in [-0.3, -0.25) is 10.2 Å². The molecule has 0 atom stereocenters. The van der Waals surface area contributed by atoms with Crippen molar-refractivity contribution in [2.75, 3.05) is 0 Å². The molecule has 68 valence electrons. The van der Waals surface area contributed by atoms with Crippen LogP contribution in [0, 0.1) is 0 Å². The Kier molecular flexibility index (Phi) is 2.74. The number of amides is 3. The largest absolute Gasteiger partial charge is 0.350 e. The second-order valence-corrected chi connectivity index (χ2v) is 2.07. The van der Waals surface area contributed by atoms with Crippen LogP contribution in [0.15, 0.2) is 18.7 Å². The van der Waals surface area contributed by atoms with E-state index in [2.05, 4.69) is 15.4 Å². The zero-order valence-corrected chi connectivity index (χ0v) is 6.52. The van der Waals surface area contributed by atoms with E-state index in [1.54, 1.807) is 0 Å². The molecule has 0 unspecified atom stereocenters. The molecular weight excluding hydrogens is 174 g/mol. The van der Waals surface area contributed by atoms with Crippen LogP contribution in [0.3, 0.4) is 0 Å². The molecule has 0 aliphatic heterocycles. The lowest BCUT2D eigenvalue weighted by atomic mass is 10.3. The Morgan fingerprint density at radius 3 is 2.38 bits per heavy atom. The van der Waals surface area contributed by atoms with Gasteiger partial charge in [0.2, 0.25) is 0 Å². The first-order chi connectivity index (χ1) is 6.20. The van der Waals surface area contributed by atoms with Crippen molar-refractivity contribution in [3.63, 3.8) is 0 Å². The molecule has 7 heteroatoms. The third-order valence-corrected chi connectivity index (χ3v) is 1.12. The van der Waals surface area contributed by atoms with Gasteiger partial charge in [0.05, 0.1) is 5.56 Å². The molecule has 0 aliphatic rings. The first kappa shape index (κ1) is 8.91. The highest BCUT2D eigenvalue weighted by Crippen LogP contribution is 1.90. The van der Waals surface area contributed by atoms with Crippen molar-refractivity contribution in [1.29, 1.82) is 0 Å². The van der Waals surface area contributed by atoms with E-state index in [-0.39, 0.29) is 5.56 Å². The van der Waals surface area contributed by atoms with Crippen molar-refractivity contribution >= 4 is 11.9 Å². The van der Waals surface area contributed by atoms with E-state index in [0.29, 0.717) is 0 Å². The van der Waals surface area contributed by atoms with Crippen LogP contribution in [0.2, 0.25) is 0 Å². The van der Waals surface area contributed by atoms with Crippen molar-refractivity contribution in [2.45, 2.75) is 0 Å². The number of hydrogen-bond donors (Lipinski definition) is 3. The van der Waals surface area contributed by atoms with Crippen molar-refractivity contribution in [2.24, 2.45) is 5.73 Å². The Morgan fingerprint density at radius 1 is 1.23 bits per heavy atom. The fraction of sp³-hybridized carbons (Fsp3) is 0. The normalized spacial score (nSPS) is 8.92. The number of nitrogens with two attached hydrogens (primary N) is 1. The summed E-state index contributed by atoms with van der Waals surface area (Å²) in [6, 6.07) is -0.842. The second-order valence-electron chi connectivity index (χ2n) is 2.07. The highest BCUT2D eigenvalue weighted by molar-refractivity contribution is 5.94. The number of carbonyl (C=O) groups is 2. The van der Waals surface area contributed by atoms with Gasteiger partial charge in [-0.15, -0.1) is 0 Å². The highest BCUT2D eigenvalue weighted by Gasteiger charge is 2.04. The van der Waals surface area contributed by atoms with E-state index >= 15 is 0 Å². The molecule has 0 spiro atoms. The quantitative estimate of drug-likeness (QED) is 0.472. The van der Waals surface area contributed by atoms with Crippen LogP contribution in [0.25, 0.3) is 0 Å².